The Morgan fingerprint density at radius 2 is 1.81 bits per heavy atom. The molecule has 1 aromatic heterocycles. The number of esters is 2. The molecule has 0 unspecified atom stereocenters. The van der Waals surface area contributed by atoms with Gasteiger partial charge in [-0.1, -0.05) is 12.1 Å². The molecule has 0 radical (unpaired) electrons. The molecule has 0 spiro atoms. The number of ether oxygens (including phenoxy) is 2. The molecule has 9 nitrogen and oxygen atoms in total. The number of halogens is 1. The van der Waals surface area contributed by atoms with E-state index >= 15 is 0 Å². The third-order valence-electron chi connectivity index (χ3n) is 2.98. The number of para-hydroxylation sites is 1. The maximum Gasteiger partial charge on any atom is 0.347 e. The maximum absolute atomic E-state index is 12.3. The summed E-state index contributed by atoms with van der Waals surface area (Å²) in [7, 11) is 0. The molecule has 1 aromatic carbocycles. The Morgan fingerprint density at radius 1 is 1.12 bits per heavy atom. The first-order chi connectivity index (χ1) is 11.9. The minimum absolute atomic E-state index is 0. The van der Waals surface area contributed by atoms with Crippen molar-refractivity contribution >= 4 is 24.3 Å². The number of hydrogen-bond donors (Lipinski definition) is 0. The highest BCUT2D eigenvalue weighted by Crippen LogP contribution is 2.22. The quantitative estimate of drug-likeness (QED) is 0.324. The number of carbonyl (C=O) groups excluding carboxylic acids is 2. The van der Waals surface area contributed by atoms with E-state index < -0.39 is 17.0 Å². The van der Waals surface area contributed by atoms with Crippen LogP contribution in [0.15, 0.2) is 36.4 Å². The molecular weight excluding hydrogens is 368 g/mol. The Morgan fingerprint density at radius 3 is 2.42 bits per heavy atom. The Bertz CT molecular complexity index is 826. The van der Waals surface area contributed by atoms with Gasteiger partial charge in [0.05, 0.1) is 11.4 Å². The molecule has 0 saturated heterocycles. The molecule has 26 heavy (non-hydrogen) atoms. The first kappa shape index (κ1) is 20.8. The molecule has 0 aliphatic heterocycles. The van der Waals surface area contributed by atoms with Crippen molar-refractivity contribution in [2.75, 3.05) is 0 Å². The third-order valence-corrected chi connectivity index (χ3v) is 2.98. The molecule has 10 heteroatoms. The van der Waals surface area contributed by atoms with Crippen molar-refractivity contribution in [1.82, 2.24) is 4.98 Å². The molecule has 0 amide bonds. The van der Waals surface area contributed by atoms with Crippen LogP contribution < -0.4 is 9.47 Å². The van der Waals surface area contributed by atoms with E-state index in [1.54, 1.807) is 19.1 Å². The molecule has 0 aliphatic carbocycles. The first-order valence-electron chi connectivity index (χ1n) is 7.10. The van der Waals surface area contributed by atoms with Gasteiger partial charge in [0.2, 0.25) is 0 Å². The van der Waals surface area contributed by atoms with Gasteiger partial charge in [-0.2, -0.15) is 0 Å². The van der Waals surface area contributed by atoms with Crippen LogP contribution in [0.2, 0.25) is 0 Å². The summed E-state index contributed by atoms with van der Waals surface area (Å²) in [6.45, 7) is 2.50. The lowest BCUT2D eigenvalue weighted by atomic mass is 10.2. The number of benzene rings is 1. The highest BCUT2D eigenvalue weighted by molar-refractivity contribution is 5.94. The van der Waals surface area contributed by atoms with Crippen molar-refractivity contribution in [3.05, 3.63) is 63.5 Å². The van der Waals surface area contributed by atoms with Crippen LogP contribution in [0, 0.1) is 17.0 Å². The van der Waals surface area contributed by atoms with Crippen LogP contribution in [0.25, 0.3) is 0 Å². The van der Waals surface area contributed by atoms with Gasteiger partial charge in [-0.15, -0.1) is 22.5 Å². The third kappa shape index (κ3) is 5.71. The molecular formula is C16H15ClN2O7. The van der Waals surface area contributed by atoms with Crippen LogP contribution in [-0.2, 0) is 16.2 Å². The summed E-state index contributed by atoms with van der Waals surface area (Å²) in [5.74, 6) is -1.03. The zero-order chi connectivity index (χ0) is 18.4. The fraction of sp³-hybridized carbons (Fsp3) is 0.188. The molecule has 0 N–H and O–H groups in total. The maximum atomic E-state index is 12.3. The van der Waals surface area contributed by atoms with Crippen molar-refractivity contribution < 1.29 is 29.0 Å². The number of pyridine rings is 1. The van der Waals surface area contributed by atoms with Gasteiger partial charge in [0.15, 0.2) is 5.75 Å². The SMILES string of the molecule is CC(=O)Oc1ccccc1C(=O)Oc1ccc(CO[N+](=O)[O-])nc1C.Cl. The van der Waals surface area contributed by atoms with Gasteiger partial charge in [0.1, 0.15) is 17.9 Å². The first-order valence-corrected chi connectivity index (χ1v) is 7.10. The summed E-state index contributed by atoms with van der Waals surface area (Å²) in [5.41, 5.74) is 0.745. The Balaban J connectivity index is 0.00000338. The summed E-state index contributed by atoms with van der Waals surface area (Å²) < 4.78 is 10.2. The van der Waals surface area contributed by atoms with Crippen molar-refractivity contribution in [3.63, 3.8) is 0 Å². The summed E-state index contributed by atoms with van der Waals surface area (Å²) in [4.78, 5) is 41.9. The number of rotatable bonds is 6. The van der Waals surface area contributed by atoms with E-state index in [1.165, 1.54) is 31.2 Å². The summed E-state index contributed by atoms with van der Waals surface area (Å²) in [6.07, 6.45) is 0. The number of aryl methyl sites for hydroxylation is 1. The van der Waals surface area contributed by atoms with Crippen molar-refractivity contribution in [2.45, 2.75) is 20.5 Å². The van der Waals surface area contributed by atoms with Gasteiger partial charge in [-0.25, -0.2) is 4.79 Å². The van der Waals surface area contributed by atoms with Gasteiger partial charge < -0.3 is 14.3 Å². The normalized spacial score (nSPS) is 9.62. The smallest absolute Gasteiger partial charge is 0.347 e. The fourth-order valence-corrected chi connectivity index (χ4v) is 1.94. The average Bonchev–Trinajstić information content (AvgIpc) is 2.55. The average molecular weight is 383 g/mol. The van der Waals surface area contributed by atoms with Crippen LogP contribution in [0.3, 0.4) is 0 Å². The lowest BCUT2D eigenvalue weighted by Crippen LogP contribution is -2.13. The van der Waals surface area contributed by atoms with Gasteiger partial charge in [-0.05, 0) is 31.2 Å². The number of hydrogen-bond acceptors (Lipinski definition) is 8. The van der Waals surface area contributed by atoms with Gasteiger partial charge >= 0.3 is 11.9 Å². The van der Waals surface area contributed by atoms with Gasteiger partial charge in [0.25, 0.3) is 5.09 Å². The van der Waals surface area contributed by atoms with Crippen LogP contribution >= 0.6 is 12.4 Å². The summed E-state index contributed by atoms with van der Waals surface area (Å²) in [5, 5.41) is 9.27. The fourth-order valence-electron chi connectivity index (χ4n) is 1.94. The topological polar surface area (TPSA) is 118 Å². The second-order valence-corrected chi connectivity index (χ2v) is 4.86. The minimum Gasteiger partial charge on any atom is -0.426 e. The van der Waals surface area contributed by atoms with Crippen LogP contribution in [0.5, 0.6) is 11.5 Å². The zero-order valence-corrected chi connectivity index (χ0v) is 14.6. The molecule has 2 aromatic rings. The lowest BCUT2D eigenvalue weighted by molar-refractivity contribution is -0.763. The minimum atomic E-state index is -0.920. The predicted octanol–water partition coefficient (Wildman–Crippen LogP) is 2.66. The van der Waals surface area contributed by atoms with Crippen LogP contribution in [-0.4, -0.2) is 22.0 Å². The standard InChI is InChI=1S/C16H14N2O7.ClH/c1-10-14(8-7-12(17-10)9-23-18(21)22)25-16(20)13-5-3-4-6-15(13)24-11(2)19;/h3-8H,9H2,1-2H3;1H. The van der Waals surface area contributed by atoms with E-state index in [2.05, 4.69) is 9.82 Å². The highest BCUT2D eigenvalue weighted by atomic mass is 35.5. The largest absolute Gasteiger partial charge is 0.426 e. The van der Waals surface area contributed by atoms with E-state index in [-0.39, 0.29) is 36.1 Å². The molecule has 1 heterocycles. The monoisotopic (exact) mass is 382 g/mol. The molecule has 0 saturated carbocycles. The lowest BCUT2D eigenvalue weighted by Gasteiger charge is -2.10. The second kappa shape index (κ2) is 9.33. The molecule has 138 valence electrons. The van der Waals surface area contributed by atoms with E-state index in [0.717, 1.165) is 0 Å². The van der Waals surface area contributed by atoms with Gasteiger partial charge in [-0.3, -0.25) is 9.78 Å². The Labute approximate surface area is 154 Å². The molecule has 0 aliphatic rings. The zero-order valence-electron chi connectivity index (χ0n) is 13.8. The van der Waals surface area contributed by atoms with Gasteiger partial charge in [0, 0.05) is 6.92 Å². The highest BCUT2D eigenvalue weighted by Gasteiger charge is 2.17. The van der Waals surface area contributed by atoms with E-state index in [4.69, 9.17) is 9.47 Å². The summed E-state index contributed by atoms with van der Waals surface area (Å²) in [6, 6.07) is 9.05. The number of carbonyl (C=O) groups is 2. The Kier molecular flexibility index (Phi) is 7.48. The van der Waals surface area contributed by atoms with E-state index in [0.29, 0.717) is 11.4 Å². The van der Waals surface area contributed by atoms with Crippen molar-refractivity contribution in [2.24, 2.45) is 0 Å². The molecule has 2 rings (SSSR count). The Hall–Kier alpha value is -3.20. The summed E-state index contributed by atoms with van der Waals surface area (Å²) >= 11 is 0. The molecule has 0 atom stereocenters. The second-order valence-electron chi connectivity index (χ2n) is 4.86. The van der Waals surface area contributed by atoms with Crippen LogP contribution in [0.4, 0.5) is 0 Å². The predicted molar refractivity (Wildman–Crippen MR) is 90.7 cm³/mol. The number of aromatic nitrogens is 1. The van der Waals surface area contributed by atoms with E-state index in [9.17, 15) is 19.7 Å². The van der Waals surface area contributed by atoms with Crippen molar-refractivity contribution in [1.29, 1.82) is 0 Å². The molecule has 0 fully saturated rings. The van der Waals surface area contributed by atoms with E-state index in [1.807, 2.05) is 0 Å². The number of nitrogens with zero attached hydrogens (tertiary/aromatic N) is 2. The van der Waals surface area contributed by atoms with Crippen molar-refractivity contribution in [3.8, 4) is 11.5 Å². The molecule has 0 bridgehead atoms. The van der Waals surface area contributed by atoms with Crippen LogP contribution in [0.1, 0.15) is 28.7 Å².